The van der Waals surface area contributed by atoms with Gasteiger partial charge in [-0.05, 0) is 119 Å². The van der Waals surface area contributed by atoms with Crippen LogP contribution in [-0.2, 0) is 0 Å². The Kier molecular flexibility index (Phi) is 20.4. The summed E-state index contributed by atoms with van der Waals surface area (Å²) in [6, 6.07) is 43.0. The topological polar surface area (TPSA) is 218 Å². The van der Waals surface area contributed by atoms with E-state index >= 15 is 0 Å². The van der Waals surface area contributed by atoms with Crippen molar-refractivity contribution in [2.75, 3.05) is 16.0 Å². The van der Waals surface area contributed by atoms with Crippen LogP contribution < -0.4 is 25.4 Å². The van der Waals surface area contributed by atoms with Crippen molar-refractivity contribution in [1.82, 2.24) is 0 Å². The van der Waals surface area contributed by atoms with E-state index in [0.29, 0.717) is 11.1 Å². The third kappa shape index (κ3) is 17.0. The fraction of sp³-hybridized carbons (Fsp3) is 0.0323. The largest absolute Gasteiger partial charge is 0.573 e. The van der Waals surface area contributed by atoms with Crippen LogP contribution in [-0.4, -0.2) is 63.7 Å². The molecular formula is C62H38Cl2F9N3O11. The number of rotatable bonds is 14. The Morgan fingerprint density at radius 2 is 0.759 bits per heavy atom. The van der Waals surface area contributed by atoms with Gasteiger partial charge in [0.2, 0.25) is 0 Å². The molecule has 444 valence electrons. The Bertz CT molecular complexity index is 4090. The molecule has 0 unspecified atom stereocenters. The summed E-state index contributed by atoms with van der Waals surface area (Å²) in [5.41, 5.74) is -0.184. The highest BCUT2D eigenvalue weighted by Gasteiger charge is 2.34. The van der Waals surface area contributed by atoms with Gasteiger partial charge in [-0.15, -0.1) is 26.3 Å². The Balaban J connectivity index is 0.000000187. The highest BCUT2D eigenvalue weighted by molar-refractivity contribution is 6.40. The molecule has 0 fully saturated rings. The minimum atomic E-state index is -5.08. The zero-order chi connectivity index (χ0) is 63.3. The standard InChI is InChI=1S/2C21H13F4NO4.C20H12Cl2FNO3/c22-17-11-13(12-4-3-5-14(10-12)30-21(23,24)25)8-9-18(17)26-19(27)15-6-1-2-7-16(15)20(28)29;22-16-8-4-3-5-13(16)12-9-10-17(18(11-12)30-21(23,24)25)26-19(27)14-6-1-2-7-15(14)20(28)29;21-15-9-11(12-5-3-4-8-17(12)23)10-16(22)18(15)24-19(25)13-6-1-2-7-14(13)20(26)27/h2*1-11H,(H,26,27)(H,28,29);1-10H,(H,24,25)(H,26,27). The van der Waals surface area contributed by atoms with E-state index in [1.165, 1.54) is 133 Å². The molecule has 0 spiro atoms. The second-order valence-electron chi connectivity index (χ2n) is 17.7. The molecule has 9 rings (SSSR count). The van der Waals surface area contributed by atoms with Gasteiger partial charge in [0.05, 0.1) is 60.5 Å². The molecule has 0 heterocycles. The first kappa shape index (κ1) is 63.9. The molecule has 0 aliphatic carbocycles. The molecule has 9 aromatic carbocycles. The Labute approximate surface area is 495 Å². The molecule has 0 aromatic heterocycles. The molecule has 6 N–H and O–H groups in total. The van der Waals surface area contributed by atoms with Crippen molar-refractivity contribution < 1.29 is 93.1 Å². The maximum Gasteiger partial charge on any atom is 0.573 e. The van der Waals surface area contributed by atoms with Crippen molar-refractivity contribution in [1.29, 1.82) is 0 Å². The summed E-state index contributed by atoms with van der Waals surface area (Å²) >= 11 is 12.5. The van der Waals surface area contributed by atoms with Crippen LogP contribution in [0.5, 0.6) is 11.5 Å². The molecule has 25 heteroatoms. The fourth-order valence-electron chi connectivity index (χ4n) is 8.07. The predicted octanol–water partition coefficient (Wildman–Crippen LogP) is 16.4. The number of carbonyl (C=O) groups is 6. The lowest BCUT2D eigenvalue weighted by atomic mass is 10.0. The van der Waals surface area contributed by atoms with Crippen molar-refractivity contribution in [3.8, 4) is 44.9 Å². The number of anilines is 3. The number of amides is 3. The van der Waals surface area contributed by atoms with Crippen LogP contribution in [0.25, 0.3) is 33.4 Å². The highest BCUT2D eigenvalue weighted by Crippen LogP contribution is 2.39. The van der Waals surface area contributed by atoms with Crippen molar-refractivity contribution in [2.24, 2.45) is 0 Å². The Morgan fingerprint density at radius 3 is 1.21 bits per heavy atom. The number of benzene rings is 9. The van der Waals surface area contributed by atoms with E-state index in [-0.39, 0.29) is 82.7 Å². The van der Waals surface area contributed by atoms with E-state index in [0.717, 1.165) is 36.4 Å². The molecule has 14 nitrogen and oxygen atoms in total. The van der Waals surface area contributed by atoms with Gasteiger partial charge in [0.1, 0.15) is 23.2 Å². The van der Waals surface area contributed by atoms with Gasteiger partial charge in [-0.25, -0.2) is 27.6 Å². The Hall–Kier alpha value is -10.7. The molecule has 0 saturated heterocycles. The molecule has 0 atom stereocenters. The molecule has 0 aliphatic heterocycles. The minimum Gasteiger partial charge on any atom is -0.478 e. The van der Waals surface area contributed by atoms with Gasteiger partial charge in [-0.2, -0.15) is 0 Å². The molecule has 0 bridgehead atoms. The summed E-state index contributed by atoms with van der Waals surface area (Å²) in [5.74, 6) is -9.51. The third-order valence-corrected chi connectivity index (χ3v) is 12.5. The van der Waals surface area contributed by atoms with E-state index in [1.54, 1.807) is 24.3 Å². The zero-order valence-electron chi connectivity index (χ0n) is 43.7. The van der Waals surface area contributed by atoms with Crippen molar-refractivity contribution in [3.63, 3.8) is 0 Å². The van der Waals surface area contributed by atoms with Crippen LogP contribution in [0.15, 0.2) is 194 Å². The summed E-state index contributed by atoms with van der Waals surface area (Å²) in [6.45, 7) is 0. The van der Waals surface area contributed by atoms with Gasteiger partial charge >= 0.3 is 30.6 Å². The molecular weight excluding hydrogens is 1200 g/mol. The molecule has 9 aromatic rings. The second kappa shape index (κ2) is 27.8. The molecule has 87 heavy (non-hydrogen) atoms. The smallest absolute Gasteiger partial charge is 0.478 e. The van der Waals surface area contributed by atoms with E-state index in [2.05, 4.69) is 25.4 Å². The number of aromatic carboxylic acids is 3. The Morgan fingerprint density at radius 1 is 0.368 bits per heavy atom. The first-order valence-corrected chi connectivity index (χ1v) is 25.4. The highest BCUT2D eigenvalue weighted by atomic mass is 35.5. The maximum absolute atomic E-state index is 14.5. The lowest BCUT2D eigenvalue weighted by Crippen LogP contribution is -2.20. The number of carboxylic acid groups (broad SMARTS) is 3. The van der Waals surface area contributed by atoms with Gasteiger partial charge in [0, 0.05) is 11.1 Å². The van der Waals surface area contributed by atoms with Crippen LogP contribution in [0.3, 0.4) is 0 Å². The number of nitrogens with one attached hydrogen (secondary N) is 3. The summed E-state index contributed by atoms with van der Waals surface area (Å²) in [4.78, 5) is 71.1. The molecule has 0 radical (unpaired) electrons. The average Bonchev–Trinajstić information content (AvgIpc) is 1.85. The number of hydrogen-bond donors (Lipinski definition) is 6. The van der Waals surface area contributed by atoms with Crippen LogP contribution >= 0.6 is 23.2 Å². The lowest BCUT2D eigenvalue weighted by molar-refractivity contribution is -0.275. The van der Waals surface area contributed by atoms with E-state index in [9.17, 15) is 78.5 Å². The first-order valence-electron chi connectivity index (χ1n) is 24.6. The van der Waals surface area contributed by atoms with Gasteiger partial charge in [-0.1, -0.05) is 120 Å². The van der Waals surface area contributed by atoms with Crippen LogP contribution in [0.2, 0.25) is 10.0 Å². The quantitative estimate of drug-likeness (QED) is 0.0563. The molecule has 0 aliphatic rings. The summed E-state index contributed by atoms with van der Waals surface area (Å²) < 4.78 is 126. The monoisotopic (exact) mass is 1240 g/mol. The second-order valence-corrected chi connectivity index (χ2v) is 18.5. The van der Waals surface area contributed by atoms with E-state index < -0.39 is 77.3 Å². The zero-order valence-corrected chi connectivity index (χ0v) is 45.3. The molecule has 0 saturated carbocycles. The predicted molar refractivity (Wildman–Crippen MR) is 303 cm³/mol. The maximum atomic E-state index is 14.5. The lowest BCUT2D eigenvalue weighted by Gasteiger charge is -2.16. The van der Waals surface area contributed by atoms with Gasteiger partial charge in [-0.3, -0.25) is 14.4 Å². The summed E-state index contributed by atoms with van der Waals surface area (Å²) in [7, 11) is 0. The van der Waals surface area contributed by atoms with Crippen molar-refractivity contribution >= 4 is 75.9 Å². The van der Waals surface area contributed by atoms with Crippen LogP contribution in [0.1, 0.15) is 62.1 Å². The number of ether oxygens (including phenoxy) is 2. The fourth-order valence-corrected chi connectivity index (χ4v) is 8.65. The minimum absolute atomic E-state index is 0.0321. The normalized spacial score (nSPS) is 10.9. The van der Waals surface area contributed by atoms with Crippen LogP contribution in [0.4, 0.5) is 56.6 Å². The van der Waals surface area contributed by atoms with Crippen molar-refractivity contribution in [3.05, 3.63) is 255 Å². The number of alkyl halides is 6. The summed E-state index contributed by atoms with van der Waals surface area (Å²) in [5, 5.41) is 34.8. The SMILES string of the molecule is O=C(O)c1ccccc1C(=O)Nc1c(Cl)cc(-c2ccccc2F)cc1Cl.O=C(O)c1ccccc1C(=O)Nc1ccc(-c2cccc(OC(F)(F)F)c2)cc1F.O=C(O)c1ccccc1C(=O)Nc1ccc(-c2ccccc2F)cc1OC(F)(F)F. The number of carbonyl (C=O) groups excluding carboxylic acids is 3. The van der Waals surface area contributed by atoms with E-state index in [4.69, 9.17) is 28.3 Å². The van der Waals surface area contributed by atoms with Gasteiger partial charge < -0.3 is 40.7 Å². The first-order chi connectivity index (χ1) is 41.2. The van der Waals surface area contributed by atoms with Crippen molar-refractivity contribution in [2.45, 2.75) is 12.7 Å². The van der Waals surface area contributed by atoms with Gasteiger partial charge in [0.25, 0.3) is 17.7 Å². The number of halogens is 11. The summed E-state index contributed by atoms with van der Waals surface area (Å²) in [6.07, 6.45) is -9.93. The number of hydrogen-bond acceptors (Lipinski definition) is 8. The average molecular weight is 1240 g/mol. The third-order valence-electron chi connectivity index (χ3n) is 11.9. The number of carboxylic acids is 3. The van der Waals surface area contributed by atoms with E-state index in [1.807, 2.05) is 0 Å². The van der Waals surface area contributed by atoms with Gasteiger partial charge in [0.15, 0.2) is 5.75 Å². The molecule has 3 amide bonds. The van der Waals surface area contributed by atoms with Crippen LogP contribution in [0, 0.1) is 17.5 Å².